The van der Waals surface area contributed by atoms with E-state index in [2.05, 4.69) is 4.98 Å². The van der Waals surface area contributed by atoms with Gasteiger partial charge in [-0.1, -0.05) is 36.7 Å². The summed E-state index contributed by atoms with van der Waals surface area (Å²) in [5, 5.41) is 9.34. The average molecular weight is 302 g/mol. The number of thioether (sulfide) groups is 1. The molecule has 0 radical (unpaired) electrons. The quantitative estimate of drug-likeness (QED) is 0.837. The van der Waals surface area contributed by atoms with Crippen LogP contribution in [-0.4, -0.2) is 21.3 Å². The zero-order valence-corrected chi connectivity index (χ0v) is 12.1. The summed E-state index contributed by atoms with van der Waals surface area (Å²) >= 11 is 8.72. The van der Waals surface area contributed by atoms with Crippen molar-refractivity contribution in [2.75, 3.05) is 0 Å². The zero-order valence-electron chi connectivity index (χ0n) is 9.72. The number of aliphatic carboxylic acids is 1. The SMILES string of the molecule is CCCC(Sc1nc2cc(Cl)ccc2s1)C(=O)O. The third kappa shape index (κ3) is 3.16. The molecule has 1 N–H and O–H groups in total. The fourth-order valence-electron chi connectivity index (χ4n) is 1.55. The zero-order chi connectivity index (χ0) is 13.1. The Morgan fingerprint density at radius 3 is 3.06 bits per heavy atom. The second-order valence-electron chi connectivity index (χ2n) is 3.83. The predicted molar refractivity (Wildman–Crippen MR) is 76.8 cm³/mol. The Balaban J connectivity index is 2.22. The molecule has 1 unspecified atom stereocenters. The number of carboxylic acids is 1. The number of benzene rings is 1. The lowest BCUT2D eigenvalue weighted by Crippen LogP contribution is -2.15. The molecule has 3 nitrogen and oxygen atoms in total. The minimum Gasteiger partial charge on any atom is -0.480 e. The van der Waals surface area contributed by atoms with Crippen molar-refractivity contribution in [1.29, 1.82) is 0 Å². The molecule has 0 saturated heterocycles. The van der Waals surface area contributed by atoms with Crippen LogP contribution in [-0.2, 0) is 4.79 Å². The number of hydrogen-bond donors (Lipinski definition) is 1. The van der Waals surface area contributed by atoms with E-state index >= 15 is 0 Å². The Labute approximate surface area is 118 Å². The van der Waals surface area contributed by atoms with E-state index in [4.69, 9.17) is 16.7 Å². The normalized spacial score (nSPS) is 12.8. The number of aromatic nitrogens is 1. The van der Waals surface area contributed by atoms with Gasteiger partial charge in [0.1, 0.15) is 5.25 Å². The molecule has 6 heteroatoms. The monoisotopic (exact) mass is 301 g/mol. The number of nitrogens with zero attached hydrogens (tertiary/aromatic N) is 1. The van der Waals surface area contributed by atoms with E-state index in [1.807, 2.05) is 19.1 Å². The number of rotatable bonds is 5. The van der Waals surface area contributed by atoms with Crippen LogP contribution in [0.3, 0.4) is 0 Å². The highest BCUT2D eigenvalue weighted by Gasteiger charge is 2.19. The van der Waals surface area contributed by atoms with Crippen molar-refractivity contribution in [3.63, 3.8) is 0 Å². The highest BCUT2D eigenvalue weighted by Crippen LogP contribution is 2.34. The van der Waals surface area contributed by atoms with Crippen LogP contribution >= 0.6 is 34.7 Å². The minimum atomic E-state index is -0.779. The summed E-state index contributed by atoms with van der Waals surface area (Å²) in [4.78, 5) is 15.5. The number of halogens is 1. The van der Waals surface area contributed by atoms with Crippen LogP contribution in [0.4, 0.5) is 0 Å². The highest BCUT2D eigenvalue weighted by molar-refractivity contribution is 8.02. The van der Waals surface area contributed by atoms with Crippen LogP contribution in [0.5, 0.6) is 0 Å². The molecule has 0 aliphatic heterocycles. The highest BCUT2D eigenvalue weighted by atomic mass is 35.5. The van der Waals surface area contributed by atoms with Crippen molar-refractivity contribution in [3.05, 3.63) is 23.2 Å². The molecule has 2 rings (SSSR count). The van der Waals surface area contributed by atoms with Crippen LogP contribution in [0.2, 0.25) is 5.02 Å². The third-order valence-corrected chi connectivity index (χ3v) is 5.02. The maximum atomic E-state index is 11.1. The van der Waals surface area contributed by atoms with E-state index in [0.717, 1.165) is 21.0 Å². The molecule has 1 aromatic heterocycles. The van der Waals surface area contributed by atoms with Crippen molar-refractivity contribution in [2.45, 2.75) is 29.4 Å². The van der Waals surface area contributed by atoms with Gasteiger partial charge < -0.3 is 5.11 Å². The fourth-order valence-corrected chi connectivity index (χ4v) is 4.05. The Morgan fingerprint density at radius 2 is 2.39 bits per heavy atom. The standard InChI is InChI=1S/C12H12ClNO2S2/c1-2-3-10(11(15)16)18-12-14-8-6-7(13)4-5-9(8)17-12/h4-6,10H,2-3H2,1H3,(H,15,16). The molecular weight excluding hydrogens is 290 g/mol. The van der Waals surface area contributed by atoms with Crippen molar-refractivity contribution in [1.82, 2.24) is 4.98 Å². The molecule has 0 bridgehead atoms. The molecule has 1 heterocycles. The van der Waals surface area contributed by atoms with Crippen LogP contribution in [0.1, 0.15) is 19.8 Å². The smallest absolute Gasteiger partial charge is 0.317 e. The van der Waals surface area contributed by atoms with Crippen LogP contribution in [0, 0.1) is 0 Å². The first-order valence-electron chi connectivity index (χ1n) is 5.55. The van der Waals surface area contributed by atoms with Crippen LogP contribution in [0.25, 0.3) is 10.2 Å². The molecule has 96 valence electrons. The first kappa shape index (κ1) is 13.6. The van der Waals surface area contributed by atoms with Gasteiger partial charge in [-0.25, -0.2) is 4.98 Å². The molecule has 2 aromatic rings. The number of hydrogen-bond acceptors (Lipinski definition) is 4. The summed E-state index contributed by atoms with van der Waals surface area (Å²) in [6, 6.07) is 5.53. The molecule has 0 saturated carbocycles. The second-order valence-corrected chi connectivity index (χ2v) is 6.74. The largest absolute Gasteiger partial charge is 0.480 e. The van der Waals surface area contributed by atoms with Gasteiger partial charge in [0.15, 0.2) is 4.34 Å². The fraction of sp³-hybridized carbons (Fsp3) is 0.333. The van der Waals surface area contributed by atoms with E-state index in [0.29, 0.717) is 11.4 Å². The summed E-state index contributed by atoms with van der Waals surface area (Å²) in [6.07, 6.45) is 1.50. The summed E-state index contributed by atoms with van der Waals surface area (Å²) in [5.41, 5.74) is 0.829. The molecular formula is C12H12ClNO2S2. The minimum absolute atomic E-state index is 0.425. The molecule has 0 spiro atoms. The number of fused-ring (bicyclic) bond motifs is 1. The van der Waals surface area contributed by atoms with Gasteiger partial charge in [-0.05, 0) is 24.6 Å². The van der Waals surface area contributed by atoms with Crippen LogP contribution < -0.4 is 0 Å². The lowest BCUT2D eigenvalue weighted by atomic mass is 10.2. The van der Waals surface area contributed by atoms with E-state index in [-0.39, 0.29) is 0 Å². The number of thiazole rings is 1. The molecule has 1 atom stereocenters. The predicted octanol–water partition coefficient (Wildman–Crippen LogP) is 4.30. The lowest BCUT2D eigenvalue weighted by Gasteiger charge is -2.07. The van der Waals surface area contributed by atoms with Crippen molar-refractivity contribution in [3.8, 4) is 0 Å². The van der Waals surface area contributed by atoms with E-state index < -0.39 is 11.2 Å². The molecule has 0 aliphatic carbocycles. The summed E-state index contributed by atoms with van der Waals surface area (Å²) in [7, 11) is 0. The summed E-state index contributed by atoms with van der Waals surface area (Å²) in [5.74, 6) is -0.779. The maximum absolute atomic E-state index is 11.1. The van der Waals surface area contributed by atoms with E-state index in [1.165, 1.54) is 23.1 Å². The van der Waals surface area contributed by atoms with Gasteiger partial charge in [-0.2, -0.15) is 0 Å². The summed E-state index contributed by atoms with van der Waals surface area (Å²) in [6.45, 7) is 1.98. The van der Waals surface area contributed by atoms with Crippen molar-refractivity contribution < 1.29 is 9.90 Å². The van der Waals surface area contributed by atoms with Gasteiger partial charge in [0, 0.05) is 5.02 Å². The van der Waals surface area contributed by atoms with Gasteiger partial charge >= 0.3 is 5.97 Å². The maximum Gasteiger partial charge on any atom is 0.317 e. The molecule has 18 heavy (non-hydrogen) atoms. The van der Waals surface area contributed by atoms with E-state index in [1.54, 1.807) is 6.07 Å². The second kappa shape index (κ2) is 5.91. The van der Waals surface area contributed by atoms with Gasteiger partial charge in [0.05, 0.1) is 10.2 Å². The van der Waals surface area contributed by atoms with Gasteiger partial charge in [-0.3, -0.25) is 4.79 Å². The van der Waals surface area contributed by atoms with E-state index in [9.17, 15) is 4.79 Å². The first-order valence-corrected chi connectivity index (χ1v) is 7.63. The van der Waals surface area contributed by atoms with Gasteiger partial charge in [0.2, 0.25) is 0 Å². The van der Waals surface area contributed by atoms with Crippen LogP contribution in [0.15, 0.2) is 22.5 Å². The number of carboxylic acid groups (broad SMARTS) is 1. The summed E-state index contributed by atoms with van der Waals surface area (Å²) < 4.78 is 1.82. The molecule has 1 aromatic carbocycles. The third-order valence-electron chi connectivity index (χ3n) is 2.40. The van der Waals surface area contributed by atoms with Crippen molar-refractivity contribution in [2.24, 2.45) is 0 Å². The Morgan fingerprint density at radius 1 is 1.61 bits per heavy atom. The van der Waals surface area contributed by atoms with Gasteiger partial charge in [-0.15, -0.1) is 11.3 Å². The Bertz CT molecular complexity index is 570. The first-order chi connectivity index (χ1) is 8.60. The Hall–Kier alpha value is -0.780. The van der Waals surface area contributed by atoms with Crippen molar-refractivity contribution >= 4 is 50.9 Å². The number of carbonyl (C=O) groups is 1. The Kier molecular flexibility index (Phi) is 4.48. The molecule has 0 aliphatic rings. The lowest BCUT2D eigenvalue weighted by molar-refractivity contribution is -0.136. The topological polar surface area (TPSA) is 50.2 Å². The molecule has 0 amide bonds. The average Bonchev–Trinajstić information content (AvgIpc) is 2.69. The molecule has 0 fully saturated rings. The van der Waals surface area contributed by atoms with Gasteiger partial charge in [0.25, 0.3) is 0 Å².